The minimum atomic E-state index is -0.771. The number of imide groups is 1. The molecule has 1 saturated carbocycles. The fraction of sp³-hybridized carbons (Fsp3) is 0.526. The van der Waals surface area contributed by atoms with Crippen LogP contribution in [-0.2, 0) is 14.4 Å². The van der Waals surface area contributed by atoms with Crippen LogP contribution in [0.15, 0.2) is 24.3 Å². The molecule has 140 valence electrons. The maximum absolute atomic E-state index is 12.9. The van der Waals surface area contributed by atoms with Crippen LogP contribution in [0.3, 0.4) is 0 Å². The van der Waals surface area contributed by atoms with Crippen molar-refractivity contribution in [3.05, 3.63) is 29.3 Å². The van der Waals surface area contributed by atoms with E-state index in [-0.39, 0.29) is 29.6 Å². The first-order chi connectivity index (χ1) is 12.5. The van der Waals surface area contributed by atoms with E-state index >= 15 is 0 Å². The van der Waals surface area contributed by atoms with Gasteiger partial charge in [0.2, 0.25) is 17.7 Å². The molecule has 3 atom stereocenters. The number of hydrogen-bond donors (Lipinski definition) is 1. The molecule has 7 heteroatoms. The zero-order valence-electron chi connectivity index (χ0n) is 14.7. The zero-order valence-corrected chi connectivity index (χ0v) is 16.3. The van der Waals surface area contributed by atoms with Gasteiger partial charge in [-0.3, -0.25) is 19.3 Å². The molecule has 3 amide bonds. The van der Waals surface area contributed by atoms with Gasteiger partial charge in [0, 0.05) is 10.7 Å². The standard InChI is InChI=1S/C19H23ClN2O3S/c1-26-10-9-16(17(23)21-13-6-4-5-12(20)11-13)22-18(24)14-7-2-3-8-15(14)19(22)25/h4-6,11,14-16H,2-3,7-10H2,1H3,(H,21,23)/t14-,15-,16-/m1/s1. The Balaban J connectivity index is 1.81. The lowest BCUT2D eigenvalue weighted by Crippen LogP contribution is -2.48. The van der Waals surface area contributed by atoms with E-state index in [0.29, 0.717) is 22.9 Å². The van der Waals surface area contributed by atoms with Gasteiger partial charge in [0.1, 0.15) is 6.04 Å². The third-order valence-electron chi connectivity index (χ3n) is 5.18. The Kier molecular flexibility index (Phi) is 6.24. The molecule has 3 rings (SSSR count). The van der Waals surface area contributed by atoms with Crippen molar-refractivity contribution in [1.29, 1.82) is 0 Å². The molecular weight excluding hydrogens is 372 g/mol. The molecule has 5 nitrogen and oxygen atoms in total. The van der Waals surface area contributed by atoms with Crippen LogP contribution in [0.5, 0.6) is 0 Å². The molecule has 1 N–H and O–H groups in total. The van der Waals surface area contributed by atoms with E-state index in [9.17, 15) is 14.4 Å². The Morgan fingerprint density at radius 3 is 2.50 bits per heavy atom. The first-order valence-electron chi connectivity index (χ1n) is 8.95. The van der Waals surface area contributed by atoms with Gasteiger partial charge in [-0.15, -0.1) is 0 Å². The monoisotopic (exact) mass is 394 g/mol. The maximum Gasteiger partial charge on any atom is 0.247 e. The molecule has 1 aliphatic carbocycles. The summed E-state index contributed by atoms with van der Waals surface area (Å²) in [7, 11) is 0. The van der Waals surface area contributed by atoms with Gasteiger partial charge in [0.15, 0.2) is 0 Å². The summed E-state index contributed by atoms with van der Waals surface area (Å²) in [4.78, 5) is 39.9. The number of anilines is 1. The summed E-state index contributed by atoms with van der Waals surface area (Å²) >= 11 is 7.57. The summed E-state index contributed by atoms with van der Waals surface area (Å²) in [6.45, 7) is 0. The smallest absolute Gasteiger partial charge is 0.247 e. The van der Waals surface area contributed by atoms with E-state index in [1.54, 1.807) is 36.0 Å². The molecule has 1 aromatic carbocycles. The van der Waals surface area contributed by atoms with Crippen LogP contribution < -0.4 is 5.32 Å². The van der Waals surface area contributed by atoms with Crippen molar-refractivity contribution in [2.75, 3.05) is 17.3 Å². The van der Waals surface area contributed by atoms with Crippen LogP contribution in [0.2, 0.25) is 5.02 Å². The molecular formula is C19H23ClN2O3S. The largest absolute Gasteiger partial charge is 0.324 e. The number of rotatable bonds is 6. The highest BCUT2D eigenvalue weighted by atomic mass is 35.5. The summed E-state index contributed by atoms with van der Waals surface area (Å²) in [6, 6.07) is 6.09. The van der Waals surface area contributed by atoms with E-state index in [4.69, 9.17) is 11.6 Å². The highest BCUT2D eigenvalue weighted by Gasteiger charge is 2.51. The van der Waals surface area contributed by atoms with Crippen LogP contribution in [0, 0.1) is 11.8 Å². The highest BCUT2D eigenvalue weighted by Crippen LogP contribution is 2.39. The molecule has 1 saturated heterocycles. The summed E-state index contributed by atoms with van der Waals surface area (Å²) < 4.78 is 0. The molecule has 0 aromatic heterocycles. The Morgan fingerprint density at radius 1 is 1.27 bits per heavy atom. The van der Waals surface area contributed by atoms with Crippen LogP contribution in [-0.4, -0.2) is 40.7 Å². The molecule has 0 bridgehead atoms. The number of carbonyl (C=O) groups excluding carboxylic acids is 3. The number of nitrogens with zero attached hydrogens (tertiary/aromatic N) is 1. The Morgan fingerprint density at radius 2 is 1.92 bits per heavy atom. The van der Waals surface area contributed by atoms with Crippen molar-refractivity contribution >= 4 is 46.8 Å². The molecule has 26 heavy (non-hydrogen) atoms. The molecule has 0 spiro atoms. The summed E-state index contributed by atoms with van der Waals surface area (Å²) in [6.07, 6.45) is 5.83. The van der Waals surface area contributed by atoms with Crippen molar-refractivity contribution < 1.29 is 14.4 Å². The van der Waals surface area contributed by atoms with Gasteiger partial charge in [-0.25, -0.2) is 0 Å². The number of hydrogen-bond acceptors (Lipinski definition) is 4. The third kappa shape index (κ3) is 3.91. The van der Waals surface area contributed by atoms with Gasteiger partial charge in [-0.1, -0.05) is 30.5 Å². The topological polar surface area (TPSA) is 66.5 Å². The van der Waals surface area contributed by atoms with Crippen molar-refractivity contribution in [1.82, 2.24) is 4.90 Å². The van der Waals surface area contributed by atoms with Gasteiger partial charge in [0.25, 0.3) is 0 Å². The lowest BCUT2D eigenvalue weighted by Gasteiger charge is -2.26. The van der Waals surface area contributed by atoms with Crippen LogP contribution >= 0.6 is 23.4 Å². The second-order valence-corrected chi connectivity index (χ2v) is 8.26. The number of thioether (sulfide) groups is 1. The number of amides is 3. The van der Waals surface area contributed by atoms with E-state index in [1.165, 1.54) is 4.90 Å². The average Bonchev–Trinajstić information content (AvgIpc) is 2.87. The molecule has 1 heterocycles. The summed E-state index contributed by atoms with van der Waals surface area (Å²) in [5.74, 6) is -0.472. The van der Waals surface area contributed by atoms with Crippen LogP contribution in [0.1, 0.15) is 32.1 Å². The normalized spacial score (nSPS) is 23.7. The van der Waals surface area contributed by atoms with Gasteiger partial charge < -0.3 is 5.32 Å². The fourth-order valence-electron chi connectivity index (χ4n) is 3.89. The van der Waals surface area contributed by atoms with Crippen molar-refractivity contribution in [2.24, 2.45) is 11.8 Å². The summed E-state index contributed by atoms with van der Waals surface area (Å²) in [5, 5.41) is 3.33. The molecule has 1 aromatic rings. The van der Waals surface area contributed by atoms with Crippen molar-refractivity contribution in [3.63, 3.8) is 0 Å². The van der Waals surface area contributed by atoms with Gasteiger partial charge >= 0.3 is 0 Å². The number of fused-ring (bicyclic) bond motifs is 1. The first kappa shape index (κ1) is 19.2. The van der Waals surface area contributed by atoms with E-state index < -0.39 is 6.04 Å². The number of likely N-dealkylation sites (tertiary alicyclic amines) is 1. The van der Waals surface area contributed by atoms with E-state index in [0.717, 1.165) is 25.7 Å². The second-order valence-electron chi connectivity index (χ2n) is 6.84. The van der Waals surface area contributed by atoms with Gasteiger partial charge in [-0.05, 0) is 49.5 Å². The molecule has 2 fully saturated rings. The molecule has 1 aliphatic heterocycles. The minimum absolute atomic E-state index is 0.174. The quantitative estimate of drug-likeness (QED) is 0.749. The van der Waals surface area contributed by atoms with E-state index in [1.807, 2.05) is 6.26 Å². The zero-order chi connectivity index (χ0) is 18.7. The predicted octanol–water partition coefficient (Wildman–Crippen LogP) is 3.58. The fourth-order valence-corrected chi connectivity index (χ4v) is 4.54. The minimum Gasteiger partial charge on any atom is -0.324 e. The van der Waals surface area contributed by atoms with Crippen molar-refractivity contribution in [3.8, 4) is 0 Å². The second kappa shape index (κ2) is 8.44. The number of nitrogens with one attached hydrogen (secondary N) is 1. The van der Waals surface area contributed by atoms with Crippen molar-refractivity contribution in [2.45, 2.75) is 38.1 Å². The summed E-state index contributed by atoms with van der Waals surface area (Å²) in [5.41, 5.74) is 0.563. The lowest BCUT2D eigenvalue weighted by atomic mass is 9.81. The van der Waals surface area contributed by atoms with Gasteiger partial charge in [-0.2, -0.15) is 11.8 Å². The number of halogens is 1. The average molecular weight is 395 g/mol. The van der Waals surface area contributed by atoms with Crippen LogP contribution in [0.4, 0.5) is 5.69 Å². The first-order valence-corrected chi connectivity index (χ1v) is 10.7. The Labute approximate surface area is 162 Å². The SMILES string of the molecule is CSCC[C@H](C(=O)Nc1cccc(Cl)c1)N1C(=O)[C@@H]2CCCC[C@H]2C1=O. The maximum atomic E-state index is 12.9. The number of carbonyl (C=O) groups is 3. The Bertz CT molecular complexity index is 688. The highest BCUT2D eigenvalue weighted by molar-refractivity contribution is 7.98. The van der Waals surface area contributed by atoms with Gasteiger partial charge in [0.05, 0.1) is 11.8 Å². The Hall–Kier alpha value is -1.53. The predicted molar refractivity (Wildman–Crippen MR) is 104 cm³/mol. The third-order valence-corrected chi connectivity index (χ3v) is 6.06. The molecule has 2 aliphatic rings. The van der Waals surface area contributed by atoms with E-state index in [2.05, 4.69) is 5.32 Å². The molecule has 0 unspecified atom stereocenters. The lowest BCUT2D eigenvalue weighted by molar-refractivity contribution is -0.146. The number of benzene rings is 1. The van der Waals surface area contributed by atoms with Crippen LogP contribution in [0.25, 0.3) is 0 Å². The molecule has 0 radical (unpaired) electrons.